The first-order chi connectivity index (χ1) is 11.2. The van der Waals surface area contributed by atoms with E-state index in [1.165, 1.54) is 0 Å². The number of aromatic amines is 1. The van der Waals surface area contributed by atoms with Crippen LogP contribution in [0.2, 0.25) is 5.02 Å². The maximum absolute atomic E-state index is 5.91. The number of methoxy groups -OCH3 is 1. The van der Waals surface area contributed by atoms with Crippen LogP contribution < -0.4 is 10.5 Å². The summed E-state index contributed by atoms with van der Waals surface area (Å²) in [5.74, 6) is 1.04. The second-order valence-corrected chi connectivity index (χ2v) is 5.17. The lowest BCUT2D eigenvalue weighted by Gasteiger charge is -2.00. The Bertz CT molecular complexity index is 825. The number of H-pyrrole nitrogens is 1. The Morgan fingerprint density at radius 2 is 1.74 bits per heavy atom. The van der Waals surface area contributed by atoms with Gasteiger partial charge in [0.2, 0.25) is 0 Å². The zero-order valence-corrected chi connectivity index (χ0v) is 13.1. The highest BCUT2D eigenvalue weighted by molar-refractivity contribution is 6.30. The van der Waals surface area contributed by atoms with Gasteiger partial charge < -0.3 is 10.5 Å². The fourth-order valence-electron chi connectivity index (χ4n) is 2.03. The van der Waals surface area contributed by atoms with Crippen LogP contribution in [0.25, 0.3) is 11.3 Å². The minimum atomic E-state index is 0.284. The lowest BCUT2D eigenvalue weighted by molar-refractivity contribution is 0.415. The molecule has 2 aromatic carbocycles. The monoisotopic (exact) mass is 327 g/mol. The summed E-state index contributed by atoms with van der Waals surface area (Å²) >= 11 is 5.91. The third-order valence-electron chi connectivity index (χ3n) is 3.24. The predicted octanol–water partition coefficient (Wildman–Crippen LogP) is 4.74. The molecule has 0 atom stereocenters. The molecule has 116 valence electrons. The van der Waals surface area contributed by atoms with Crippen molar-refractivity contribution in [3.8, 4) is 17.0 Å². The quantitative estimate of drug-likeness (QED) is 0.678. The van der Waals surface area contributed by atoms with E-state index >= 15 is 0 Å². The number of aromatic nitrogens is 2. The Balaban J connectivity index is 1.91. The number of nitrogen functional groups attached to an aromatic ring is 1. The smallest absolute Gasteiger partial charge is 0.173 e. The van der Waals surface area contributed by atoms with E-state index in [9.17, 15) is 0 Å². The van der Waals surface area contributed by atoms with Gasteiger partial charge >= 0.3 is 0 Å². The van der Waals surface area contributed by atoms with E-state index in [1.807, 2.05) is 24.3 Å². The van der Waals surface area contributed by atoms with Crippen molar-refractivity contribution in [2.75, 3.05) is 12.8 Å². The molecule has 23 heavy (non-hydrogen) atoms. The third kappa shape index (κ3) is 3.32. The van der Waals surface area contributed by atoms with E-state index in [0.29, 0.717) is 22.1 Å². The van der Waals surface area contributed by atoms with Gasteiger partial charge in [-0.15, -0.1) is 5.11 Å². The van der Waals surface area contributed by atoms with Crippen molar-refractivity contribution in [2.24, 2.45) is 10.2 Å². The summed E-state index contributed by atoms with van der Waals surface area (Å²) in [4.78, 5) is 0. The molecule has 0 amide bonds. The number of nitrogens with two attached hydrogens (primary N) is 1. The van der Waals surface area contributed by atoms with E-state index in [1.54, 1.807) is 31.4 Å². The zero-order chi connectivity index (χ0) is 16.2. The average molecular weight is 328 g/mol. The van der Waals surface area contributed by atoms with Crippen molar-refractivity contribution >= 4 is 28.8 Å². The highest BCUT2D eigenvalue weighted by atomic mass is 35.5. The largest absolute Gasteiger partial charge is 0.497 e. The van der Waals surface area contributed by atoms with Gasteiger partial charge in [-0.05, 0) is 36.4 Å². The summed E-state index contributed by atoms with van der Waals surface area (Å²) in [6.45, 7) is 0. The Hall–Kier alpha value is -2.86. The highest BCUT2D eigenvalue weighted by Crippen LogP contribution is 2.34. The standard InChI is InChI=1S/C16H14ClN5O/c1-23-13-8-6-12(7-9-13)19-21-15-14(20-22-16(15)18)10-2-4-11(17)5-3-10/h2-9H,1H3,(H3,18,20,22). The molecule has 0 radical (unpaired) electrons. The summed E-state index contributed by atoms with van der Waals surface area (Å²) in [6, 6.07) is 14.5. The Morgan fingerprint density at radius 1 is 1.04 bits per heavy atom. The molecule has 1 aromatic heterocycles. The molecule has 7 heteroatoms. The molecule has 0 saturated carbocycles. The van der Waals surface area contributed by atoms with Crippen molar-refractivity contribution in [3.05, 3.63) is 53.6 Å². The average Bonchev–Trinajstić information content (AvgIpc) is 2.95. The van der Waals surface area contributed by atoms with Crippen molar-refractivity contribution < 1.29 is 4.74 Å². The van der Waals surface area contributed by atoms with E-state index in [2.05, 4.69) is 20.4 Å². The first kappa shape index (κ1) is 15.1. The molecule has 0 aliphatic carbocycles. The Kier molecular flexibility index (Phi) is 4.25. The molecule has 3 N–H and O–H groups in total. The molecule has 0 aliphatic heterocycles. The predicted molar refractivity (Wildman–Crippen MR) is 90.6 cm³/mol. The SMILES string of the molecule is COc1ccc(N=Nc2c(N)n[nH]c2-c2ccc(Cl)cc2)cc1. The number of hydrogen-bond donors (Lipinski definition) is 2. The van der Waals surface area contributed by atoms with Crippen molar-refractivity contribution in [1.29, 1.82) is 0 Å². The highest BCUT2D eigenvalue weighted by Gasteiger charge is 2.12. The second kappa shape index (κ2) is 6.50. The summed E-state index contributed by atoms with van der Waals surface area (Å²) in [7, 11) is 1.61. The molecule has 0 fully saturated rings. The number of azo groups is 1. The van der Waals surface area contributed by atoms with E-state index in [-0.39, 0.29) is 5.82 Å². The topological polar surface area (TPSA) is 88.7 Å². The van der Waals surface area contributed by atoms with Gasteiger partial charge in [-0.2, -0.15) is 10.2 Å². The zero-order valence-electron chi connectivity index (χ0n) is 12.3. The summed E-state index contributed by atoms with van der Waals surface area (Å²) in [6.07, 6.45) is 0. The molecule has 0 aliphatic rings. The fourth-order valence-corrected chi connectivity index (χ4v) is 2.15. The van der Waals surface area contributed by atoms with Gasteiger partial charge in [0, 0.05) is 10.6 Å². The minimum Gasteiger partial charge on any atom is -0.497 e. The van der Waals surface area contributed by atoms with E-state index < -0.39 is 0 Å². The fraction of sp³-hybridized carbons (Fsp3) is 0.0625. The van der Waals surface area contributed by atoms with Crippen molar-refractivity contribution in [3.63, 3.8) is 0 Å². The number of benzene rings is 2. The lowest BCUT2D eigenvalue weighted by Crippen LogP contribution is -1.83. The number of nitrogens with zero attached hydrogens (tertiary/aromatic N) is 3. The van der Waals surface area contributed by atoms with Crippen LogP contribution in [-0.2, 0) is 0 Å². The molecule has 0 spiro atoms. The molecule has 3 aromatic rings. The normalized spacial score (nSPS) is 11.0. The summed E-state index contributed by atoms with van der Waals surface area (Å²) in [5, 5.41) is 15.9. The molecule has 0 bridgehead atoms. The van der Waals surface area contributed by atoms with Crippen LogP contribution in [0.4, 0.5) is 17.2 Å². The van der Waals surface area contributed by atoms with Gasteiger partial charge in [0.05, 0.1) is 18.5 Å². The van der Waals surface area contributed by atoms with Gasteiger partial charge in [0.25, 0.3) is 0 Å². The maximum atomic E-state index is 5.91. The molecule has 0 saturated heterocycles. The van der Waals surface area contributed by atoms with E-state index in [0.717, 1.165) is 11.3 Å². The molecule has 0 unspecified atom stereocenters. The molecular weight excluding hydrogens is 314 g/mol. The number of ether oxygens (including phenoxy) is 1. The second-order valence-electron chi connectivity index (χ2n) is 4.74. The first-order valence-electron chi connectivity index (χ1n) is 6.83. The molecule has 6 nitrogen and oxygen atoms in total. The molecule has 1 heterocycles. The van der Waals surface area contributed by atoms with Gasteiger partial charge in [-0.25, -0.2) is 0 Å². The van der Waals surface area contributed by atoms with Crippen LogP contribution in [0.1, 0.15) is 0 Å². The van der Waals surface area contributed by atoms with Crippen molar-refractivity contribution in [1.82, 2.24) is 10.2 Å². The van der Waals surface area contributed by atoms with Crippen LogP contribution >= 0.6 is 11.6 Å². The minimum absolute atomic E-state index is 0.284. The Morgan fingerprint density at radius 3 is 2.39 bits per heavy atom. The van der Waals surface area contributed by atoms with E-state index in [4.69, 9.17) is 22.1 Å². The first-order valence-corrected chi connectivity index (χ1v) is 7.21. The van der Waals surface area contributed by atoms with Gasteiger partial charge in [-0.1, -0.05) is 23.7 Å². The number of hydrogen-bond acceptors (Lipinski definition) is 5. The van der Waals surface area contributed by atoms with Gasteiger partial charge in [-0.3, -0.25) is 5.10 Å². The third-order valence-corrected chi connectivity index (χ3v) is 3.49. The summed E-state index contributed by atoms with van der Waals surface area (Å²) < 4.78 is 5.11. The Labute approximate surface area is 138 Å². The van der Waals surface area contributed by atoms with Crippen LogP contribution in [0.5, 0.6) is 5.75 Å². The number of rotatable bonds is 4. The lowest BCUT2D eigenvalue weighted by atomic mass is 10.1. The van der Waals surface area contributed by atoms with Gasteiger partial charge in [0.1, 0.15) is 5.75 Å². The molecule has 3 rings (SSSR count). The van der Waals surface area contributed by atoms with Crippen LogP contribution in [0.15, 0.2) is 58.8 Å². The number of halogens is 1. The van der Waals surface area contributed by atoms with Crippen LogP contribution in [-0.4, -0.2) is 17.3 Å². The number of nitrogens with one attached hydrogen (secondary N) is 1. The van der Waals surface area contributed by atoms with Gasteiger partial charge in [0.15, 0.2) is 11.5 Å². The van der Waals surface area contributed by atoms with Crippen LogP contribution in [0, 0.1) is 0 Å². The summed E-state index contributed by atoms with van der Waals surface area (Å²) in [5.41, 5.74) is 8.62. The van der Waals surface area contributed by atoms with Crippen molar-refractivity contribution in [2.45, 2.75) is 0 Å². The maximum Gasteiger partial charge on any atom is 0.173 e. The number of anilines is 1. The molecular formula is C16H14ClN5O. The van der Waals surface area contributed by atoms with Crippen LogP contribution in [0.3, 0.4) is 0 Å².